The van der Waals surface area contributed by atoms with Crippen molar-refractivity contribution in [1.29, 1.82) is 0 Å². The quantitative estimate of drug-likeness (QED) is 0.885. The van der Waals surface area contributed by atoms with Crippen LogP contribution in [0.15, 0.2) is 12.1 Å². The Bertz CT molecular complexity index is 467. The number of anilines is 1. The number of carboxylic acid groups (broad SMARTS) is 1. The summed E-state index contributed by atoms with van der Waals surface area (Å²) in [5, 5.41) is 18.4. The van der Waals surface area contributed by atoms with Crippen molar-refractivity contribution in [3.05, 3.63) is 17.8 Å². The van der Waals surface area contributed by atoms with Crippen LogP contribution < -0.4 is 5.32 Å². The number of nitrogens with one attached hydrogen (secondary N) is 1. The summed E-state index contributed by atoms with van der Waals surface area (Å²) in [4.78, 5) is 11.3. The van der Waals surface area contributed by atoms with Crippen LogP contribution in [0.1, 0.15) is 31.4 Å². The predicted octanol–water partition coefficient (Wildman–Crippen LogP) is 2.30. The molecule has 0 amide bonds. The number of aromatic nitrogens is 2. The number of hydrogen-bond acceptors (Lipinski definition) is 4. The van der Waals surface area contributed by atoms with Gasteiger partial charge >= 0.3 is 12.1 Å². The van der Waals surface area contributed by atoms with Gasteiger partial charge in [-0.3, -0.25) is 0 Å². The van der Waals surface area contributed by atoms with E-state index >= 15 is 0 Å². The van der Waals surface area contributed by atoms with E-state index in [2.05, 4.69) is 15.5 Å². The molecule has 1 saturated carbocycles. The van der Waals surface area contributed by atoms with Crippen LogP contribution in [0.25, 0.3) is 0 Å². The normalized spacial score (nSPS) is 18.3. The standard InChI is InChI=1S/C11H12F3N3O2/c12-11(13,14)7-3-4-8(17-16-7)15-10(9(18)19)5-1-2-6-10/h3-4H,1-2,5-6H2,(H,15,17)(H,18,19). The highest BCUT2D eigenvalue weighted by atomic mass is 19.4. The zero-order valence-corrected chi connectivity index (χ0v) is 9.87. The molecule has 0 radical (unpaired) electrons. The van der Waals surface area contributed by atoms with Crippen LogP contribution in [0.4, 0.5) is 19.0 Å². The van der Waals surface area contributed by atoms with E-state index in [1.807, 2.05) is 0 Å². The van der Waals surface area contributed by atoms with Crippen molar-refractivity contribution in [3.8, 4) is 0 Å². The monoisotopic (exact) mass is 275 g/mol. The zero-order valence-electron chi connectivity index (χ0n) is 9.87. The number of carboxylic acids is 1. The molecule has 0 saturated heterocycles. The number of alkyl halides is 3. The zero-order chi connectivity index (χ0) is 14.1. The first-order valence-corrected chi connectivity index (χ1v) is 5.76. The minimum Gasteiger partial charge on any atom is -0.480 e. The van der Waals surface area contributed by atoms with Crippen molar-refractivity contribution in [1.82, 2.24) is 10.2 Å². The number of nitrogens with zero attached hydrogens (tertiary/aromatic N) is 2. The van der Waals surface area contributed by atoms with Crippen molar-refractivity contribution in [2.24, 2.45) is 0 Å². The van der Waals surface area contributed by atoms with Gasteiger partial charge < -0.3 is 10.4 Å². The number of rotatable bonds is 3. The van der Waals surface area contributed by atoms with Gasteiger partial charge in [-0.25, -0.2) is 4.79 Å². The van der Waals surface area contributed by atoms with Crippen LogP contribution in [0.3, 0.4) is 0 Å². The first-order chi connectivity index (χ1) is 8.83. The average Bonchev–Trinajstić information content (AvgIpc) is 2.78. The first-order valence-electron chi connectivity index (χ1n) is 5.76. The van der Waals surface area contributed by atoms with E-state index < -0.39 is 23.4 Å². The Hall–Kier alpha value is -1.86. The van der Waals surface area contributed by atoms with Crippen molar-refractivity contribution < 1.29 is 23.1 Å². The van der Waals surface area contributed by atoms with Gasteiger partial charge in [0.05, 0.1) is 0 Å². The topological polar surface area (TPSA) is 75.1 Å². The summed E-state index contributed by atoms with van der Waals surface area (Å²) in [6.07, 6.45) is -2.19. The van der Waals surface area contributed by atoms with Crippen LogP contribution in [0.5, 0.6) is 0 Å². The third-order valence-electron chi connectivity index (χ3n) is 3.19. The number of carbonyl (C=O) groups is 1. The Morgan fingerprint density at radius 2 is 1.89 bits per heavy atom. The molecule has 19 heavy (non-hydrogen) atoms. The second kappa shape index (κ2) is 4.67. The van der Waals surface area contributed by atoms with E-state index in [9.17, 15) is 23.1 Å². The largest absolute Gasteiger partial charge is 0.480 e. The van der Waals surface area contributed by atoms with Crippen LogP contribution in [0.2, 0.25) is 0 Å². The van der Waals surface area contributed by atoms with Gasteiger partial charge in [0.25, 0.3) is 0 Å². The fraction of sp³-hybridized carbons (Fsp3) is 0.545. The molecule has 1 heterocycles. The van der Waals surface area contributed by atoms with E-state index in [4.69, 9.17) is 0 Å². The highest BCUT2D eigenvalue weighted by molar-refractivity contribution is 5.82. The minimum atomic E-state index is -4.55. The molecule has 0 unspecified atom stereocenters. The Labute approximate surface area is 106 Å². The maximum Gasteiger partial charge on any atom is 0.435 e. The number of hydrogen-bond donors (Lipinski definition) is 2. The fourth-order valence-corrected chi connectivity index (χ4v) is 2.17. The van der Waals surface area contributed by atoms with Crippen molar-refractivity contribution in [2.75, 3.05) is 5.32 Å². The van der Waals surface area contributed by atoms with E-state index in [0.29, 0.717) is 12.8 Å². The predicted molar refractivity (Wildman–Crippen MR) is 59.5 cm³/mol. The summed E-state index contributed by atoms with van der Waals surface area (Å²) in [6.45, 7) is 0. The summed E-state index contributed by atoms with van der Waals surface area (Å²) in [5.74, 6) is -0.982. The summed E-state index contributed by atoms with van der Waals surface area (Å²) in [7, 11) is 0. The van der Waals surface area contributed by atoms with Gasteiger partial charge in [0.1, 0.15) is 11.4 Å². The van der Waals surface area contributed by atoms with Gasteiger partial charge in [0.2, 0.25) is 0 Å². The molecule has 0 aliphatic heterocycles. The molecular formula is C11H12F3N3O2. The summed E-state index contributed by atoms with van der Waals surface area (Å²) >= 11 is 0. The molecule has 0 bridgehead atoms. The molecule has 2 N–H and O–H groups in total. The highest BCUT2D eigenvalue weighted by Crippen LogP contribution is 2.33. The van der Waals surface area contributed by atoms with Crippen molar-refractivity contribution >= 4 is 11.8 Å². The van der Waals surface area contributed by atoms with E-state index in [-0.39, 0.29) is 5.82 Å². The molecule has 0 atom stereocenters. The van der Waals surface area contributed by atoms with Crippen LogP contribution >= 0.6 is 0 Å². The number of aliphatic carboxylic acids is 1. The lowest BCUT2D eigenvalue weighted by atomic mass is 9.98. The van der Waals surface area contributed by atoms with Crippen molar-refractivity contribution in [2.45, 2.75) is 37.4 Å². The van der Waals surface area contributed by atoms with Crippen LogP contribution in [-0.4, -0.2) is 26.8 Å². The third kappa shape index (κ3) is 2.77. The lowest BCUT2D eigenvalue weighted by Crippen LogP contribution is -2.44. The molecule has 8 heteroatoms. The van der Waals surface area contributed by atoms with E-state index in [1.54, 1.807) is 0 Å². The van der Waals surface area contributed by atoms with Gasteiger partial charge in [-0.15, -0.1) is 10.2 Å². The Morgan fingerprint density at radius 1 is 1.26 bits per heavy atom. The minimum absolute atomic E-state index is 0.0392. The Balaban J connectivity index is 2.17. The molecule has 0 spiro atoms. The molecule has 2 rings (SSSR count). The molecule has 1 aromatic heterocycles. The highest BCUT2D eigenvalue weighted by Gasteiger charge is 2.42. The molecule has 0 aromatic carbocycles. The molecule has 1 aliphatic carbocycles. The summed E-state index contributed by atoms with van der Waals surface area (Å²) < 4.78 is 36.9. The van der Waals surface area contributed by atoms with Crippen LogP contribution in [0, 0.1) is 0 Å². The molecule has 1 aromatic rings. The van der Waals surface area contributed by atoms with Gasteiger partial charge in [-0.2, -0.15) is 13.2 Å². The van der Waals surface area contributed by atoms with Gasteiger partial charge in [0.15, 0.2) is 5.69 Å². The molecule has 5 nitrogen and oxygen atoms in total. The average molecular weight is 275 g/mol. The first kappa shape index (κ1) is 13.6. The van der Waals surface area contributed by atoms with Gasteiger partial charge in [-0.05, 0) is 25.0 Å². The van der Waals surface area contributed by atoms with Crippen molar-refractivity contribution in [3.63, 3.8) is 0 Å². The molecular weight excluding hydrogens is 263 g/mol. The smallest absolute Gasteiger partial charge is 0.435 e. The second-order valence-corrected chi connectivity index (χ2v) is 4.52. The lowest BCUT2D eigenvalue weighted by molar-refractivity contribution is -0.143. The summed E-state index contributed by atoms with van der Waals surface area (Å²) in [6, 6.07) is 1.87. The van der Waals surface area contributed by atoms with E-state index in [0.717, 1.165) is 25.0 Å². The van der Waals surface area contributed by atoms with E-state index in [1.165, 1.54) is 0 Å². The number of halogens is 3. The maximum absolute atomic E-state index is 12.3. The third-order valence-corrected chi connectivity index (χ3v) is 3.19. The lowest BCUT2D eigenvalue weighted by Gasteiger charge is -2.25. The fourth-order valence-electron chi connectivity index (χ4n) is 2.17. The van der Waals surface area contributed by atoms with Crippen LogP contribution in [-0.2, 0) is 11.0 Å². The van der Waals surface area contributed by atoms with Gasteiger partial charge in [0, 0.05) is 0 Å². The van der Waals surface area contributed by atoms with Gasteiger partial charge in [-0.1, -0.05) is 12.8 Å². The maximum atomic E-state index is 12.3. The second-order valence-electron chi connectivity index (χ2n) is 4.52. The molecule has 1 aliphatic rings. The SMILES string of the molecule is O=C(O)C1(Nc2ccc(C(F)(F)F)nn2)CCCC1. The summed E-state index contributed by atoms with van der Waals surface area (Å²) in [5.41, 5.74) is -2.25. The Kier molecular flexibility index (Phi) is 3.34. The Morgan fingerprint density at radius 3 is 2.32 bits per heavy atom. The molecule has 104 valence electrons. The molecule has 1 fully saturated rings.